The van der Waals surface area contributed by atoms with Crippen molar-refractivity contribution in [2.45, 2.75) is 13.8 Å². The summed E-state index contributed by atoms with van der Waals surface area (Å²) in [4.78, 5) is 13.8. The van der Waals surface area contributed by atoms with Crippen LogP contribution in [0.3, 0.4) is 0 Å². The first kappa shape index (κ1) is 11.2. The topological polar surface area (TPSA) is 29.5 Å². The summed E-state index contributed by atoms with van der Waals surface area (Å²) in [7, 11) is 0. The van der Waals surface area contributed by atoms with E-state index in [9.17, 15) is 4.79 Å². The molecular formula is C11H19NO2. The molecule has 1 fully saturated rings. The van der Waals surface area contributed by atoms with Crippen molar-refractivity contribution < 1.29 is 9.53 Å². The van der Waals surface area contributed by atoms with Crippen LogP contribution in [-0.4, -0.2) is 37.1 Å². The third-order valence-corrected chi connectivity index (χ3v) is 2.87. The Bertz CT molecular complexity index is 209. The zero-order valence-corrected chi connectivity index (χ0v) is 9.03. The summed E-state index contributed by atoms with van der Waals surface area (Å²) >= 11 is 0. The fraction of sp³-hybridized carbons (Fsp3) is 0.727. The highest BCUT2D eigenvalue weighted by atomic mass is 16.5. The molecule has 0 aromatic rings. The maximum absolute atomic E-state index is 11.9. The van der Waals surface area contributed by atoms with Crippen LogP contribution in [-0.2, 0) is 9.53 Å². The number of hydrogen-bond acceptors (Lipinski definition) is 2. The summed E-state index contributed by atoms with van der Waals surface area (Å²) in [6.45, 7) is 10.5. The second-order valence-electron chi connectivity index (χ2n) is 3.82. The van der Waals surface area contributed by atoms with Gasteiger partial charge in [0, 0.05) is 19.0 Å². The predicted octanol–water partition coefficient (Wildman–Crippen LogP) is 1.30. The van der Waals surface area contributed by atoms with Gasteiger partial charge in [0.1, 0.15) is 0 Å². The molecule has 1 aliphatic rings. The standard InChI is InChI=1S/C11H19NO2/c1-4-9(2)10(3)11(13)12-5-7-14-8-6-12/h4,9-10H,1,5-8H2,2-3H3/t9-,10-/m1/s1. The molecule has 0 N–H and O–H groups in total. The molecule has 1 heterocycles. The number of amides is 1. The second kappa shape index (κ2) is 5.15. The average molecular weight is 197 g/mol. The predicted molar refractivity (Wildman–Crippen MR) is 55.9 cm³/mol. The van der Waals surface area contributed by atoms with Gasteiger partial charge in [-0.2, -0.15) is 0 Å². The molecule has 14 heavy (non-hydrogen) atoms. The smallest absolute Gasteiger partial charge is 0.226 e. The van der Waals surface area contributed by atoms with Crippen LogP contribution in [0.25, 0.3) is 0 Å². The lowest BCUT2D eigenvalue weighted by molar-refractivity contribution is -0.140. The van der Waals surface area contributed by atoms with E-state index in [4.69, 9.17) is 4.74 Å². The fourth-order valence-corrected chi connectivity index (χ4v) is 1.50. The molecule has 0 unspecified atom stereocenters. The van der Waals surface area contributed by atoms with E-state index in [1.165, 1.54) is 0 Å². The van der Waals surface area contributed by atoms with Crippen molar-refractivity contribution in [1.29, 1.82) is 0 Å². The maximum Gasteiger partial charge on any atom is 0.226 e. The highest BCUT2D eigenvalue weighted by molar-refractivity contribution is 5.79. The Morgan fingerprint density at radius 3 is 2.50 bits per heavy atom. The van der Waals surface area contributed by atoms with E-state index in [2.05, 4.69) is 6.58 Å². The minimum Gasteiger partial charge on any atom is -0.378 e. The second-order valence-corrected chi connectivity index (χ2v) is 3.82. The molecule has 0 saturated carbocycles. The molecular weight excluding hydrogens is 178 g/mol. The van der Waals surface area contributed by atoms with Crippen LogP contribution in [0.2, 0.25) is 0 Å². The molecule has 0 aromatic carbocycles. The number of morpholine rings is 1. The molecule has 0 radical (unpaired) electrons. The number of hydrogen-bond donors (Lipinski definition) is 0. The van der Waals surface area contributed by atoms with E-state index in [1.807, 2.05) is 24.8 Å². The number of carbonyl (C=O) groups excluding carboxylic acids is 1. The number of nitrogens with zero attached hydrogens (tertiary/aromatic N) is 1. The van der Waals surface area contributed by atoms with Crippen molar-refractivity contribution in [3.05, 3.63) is 12.7 Å². The van der Waals surface area contributed by atoms with Gasteiger partial charge in [0.15, 0.2) is 0 Å². The first-order chi connectivity index (χ1) is 6.66. The Labute approximate surface area is 85.7 Å². The van der Waals surface area contributed by atoms with Gasteiger partial charge in [-0.3, -0.25) is 4.79 Å². The van der Waals surface area contributed by atoms with Gasteiger partial charge < -0.3 is 9.64 Å². The molecule has 0 aromatic heterocycles. The molecule has 80 valence electrons. The Kier molecular flexibility index (Phi) is 4.14. The van der Waals surface area contributed by atoms with E-state index >= 15 is 0 Å². The van der Waals surface area contributed by atoms with Gasteiger partial charge in [0.2, 0.25) is 5.91 Å². The van der Waals surface area contributed by atoms with Gasteiger partial charge in [-0.15, -0.1) is 6.58 Å². The highest BCUT2D eigenvalue weighted by Crippen LogP contribution is 2.15. The lowest BCUT2D eigenvalue weighted by Crippen LogP contribution is -2.44. The molecule has 3 heteroatoms. The van der Waals surface area contributed by atoms with E-state index in [1.54, 1.807) is 0 Å². The number of ether oxygens (including phenoxy) is 1. The average Bonchev–Trinajstić information content (AvgIpc) is 2.27. The van der Waals surface area contributed by atoms with Gasteiger partial charge in [0.05, 0.1) is 13.2 Å². The first-order valence-electron chi connectivity index (χ1n) is 5.16. The van der Waals surface area contributed by atoms with Crippen LogP contribution in [0.15, 0.2) is 12.7 Å². The lowest BCUT2D eigenvalue weighted by Gasteiger charge is -2.30. The van der Waals surface area contributed by atoms with Crippen LogP contribution in [0.1, 0.15) is 13.8 Å². The fourth-order valence-electron chi connectivity index (χ4n) is 1.50. The Morgan fingerprint density at radius 1 is 1.43 bits per heavy atom. The third-order valence-electron chi connectivity index (χ3n) is 2.87. The van der Waals surface area contributed by atoms with Crippen molar-refractivity contribution in [1.82, 2.24) is 4.90 Å². The molecule has 3 nitrogen and oxygen atoms in total. The van der Waals surface area contributed by atoms with Crippen molar-refractivity contribution in [3.8, 4) is 0 Å². The summed E-state index contributed by atoms with van der Waals surface area (Å²) in [5.41, 5.74) is 0. The zero-order chi connectivity index (χ0) is 10.6. The molecule has 0 spiro atoms. The summed E-state index contributed by atoms with van der Waals surface area (Å²) < 4.78 is 5.20. The largest absolute Gasteiger partial charge is 0.378 e. The maximum atomic E-state index is 11.9. The van der Waals surface area contributed by atoms with Crippen LogP contribution < -0.4 is 0 Å². The number of allylic oxidation sites excluding steroid dienone is 1. The highest BCUT2D eigenvalue weighted by Gasteiger charge is 2.24. The first-order valence-corrected chi connectivity index (χ1v) is 5.16. The molecule has 2 atom stereocenters. The van der Waals surface area contributed by atoms with Crippen molar-refractivity contribution in [3.63, 3.8) is 0 Å². The van der Waals surface area contributed by atoms with Gasteiger partial charge in [-0.25, -0.2) is 0 Å². The Balaban J connectivity index is 2.49. The van der Waals surface area contributed by atoms with Gasteiger partial charge >= 0.3 is 0 Å². The van der Waals surface area contributed by atoms with Crippen molar-refractivity contribution >= 4 is 5.91 Å². The number of carbonyl (C=O) groups is 1. The summed E-state index contributed by atoms with van der Waals surface area (Å²) in [5, 5.41) is 0. The van der Waals surface area contributed by atoms with E-state index in [0.29, 0.717) is 13.2 Å². The summed E-state index contributed by atoms with van der Waals surface area (Å²) in [6, 6.07) is 0. The Morgan fingerprint density at radius 2 is 2.00 bits per heavy atom. The normalized spacial score (nSPS) is 21.4. The van der Waals surface area contributed by atoms with E-state index in [-0.39, 0.29) is 17.7 Å². The SMILES string of the molecule is C=C[C@@H](C)[C@@H](C)C(=O)N1CCOCC1. The van der Waals surface area contributed by atoms with E-state index < -0.39 is 0 Å². The van der Waals surface area contributed by atoms with Crippen LogP contribution in [0.4, 0.5) is 0 Å². The van der Waals surface area contributed by atoms with E-state index in [0.717, 1.165) is 13.1 Å². The van der Waals surface area contributed by atoms with Crippen LogP contribution >= 0.6 is 0 Å². The molecule has 0 aliphatic carbocycles. The summed E-state index contributed by atoms with van der Waals surface area (Å²) in [5.74, 6) is 0.497. The molecule has 1 rings (SSSR count). The summed E-state index contributed by atoms with van der Waals surface area (Å²) in [6.07, 6.45) is 1.84. The molecule has 1 amide bonds. The Hall–Kier alpha value is -0.830. The van der Waals surface area contributed by atoms with Gasteiger partial charge in [0.25, 0.3) is 0 Å². The molecule has 1 aliphatic heterocycles. The monoisotopic (exact) mass is 197 g/mol. The van der Waals surface area contributed by atoms with Crippen LogP contribution in [0, 0.1) is 11.8 Å². The van der Waals surface area contributed by atoms with Crippen LogP contribution in [0.5, 0.6) is 0 Å². The molecule has 1 saturated heterocycles. The minimum absolute atomic E-state index is 0.0330. The lowest BCUT2D eigenvalue weighted by atomic mass is 9.94. The quantitative estimate of drug-likeness (QED) is 0.638. The van der Waals surface area contributed by atoms with Crippen molar-refractivity contribution in [2.24, 2.45) is 11.8 Å². The van der Waals surface area contributed by atoms with Gasteiger partial charge in [-0.05, 0) is 5.92 Å². The van der Waals surface area contributed by atoms with Crippen molar-refractivity contribution in [2.75, 3.05) is 26.3 Å². The number of rotatable bonds is 3. The molecule has 0 bridgehead atoms. The third kappa shape index (κ3) is 2.58. The van der Waals surface area contributed by atoms with Gasteiger partial charge in [-0.1, -0.05) is 19.9 Å². The zero-order valence-electron chi connectivity index (χ0n) is 9.03. The minimum atomic E-state index is 0.0330.